The van der Waals surface area contributed by atoms with Gasteiger partial charge < -0.3 is 0 Å². The van der Waals surface area contributed by atoms with Gasteiger partial charge in [0, 0.05) is 0 Å². The van der Waals surface area contributed by atoms with Crippen molar-refractivity contribution in [2.45, 2.75) is 45.4 Å². The number of benzene rings is 1. The van der Waals surface area contributed by atoms with Gasteiger partial charge in [0.15, 0.2) is 0 Å². The molecule has 0 aromatic heterocycles. The summed E-state index contributed by atoms with van der Waals surface area (Å²) in [5.41, 5.74) is 2.64. The molecule has 15 heavy (non-hydrogen) atoms. The van der Waals surface area contributed by atoms with E-state index >= 15 is 0 Å². The third-order valence-electron chi connectivity index (χ3n) is 3.06. The van der Waals surface area contributed by atoms with Gasteiger partial charge in [0.2, 0.25) is 0 Å². The molecule has 0 amide bonds. The van der Waals surface area contributed by atoms with Crippen LogP contribution in [-0.2, 0) is 6.42 Å². The topological polar surface area (TPSA) is 0 Å². The summed E-state index contributed by atoms with van der Waals surface area (Å²) in [6, 6.07) is 8.69. The second-order valence-electron chi connectivity index (χ2n) is 4.31. The second-order valence-corrected chi connectivity index (χ2v) is 4.84. The Labute approximate surface area is 98.7 Å². The molecule has 2 atom stereocenters. The first-order chi connectivity index (χ1) is 7.17. The minimum Gasteiger partial charge on any atom is -0.118 e. The van der Waals surface area contributed by atoms with Crippen molar-refractivity contribution in [2.75, 3.05) is 0 Å². The molecule has 0 bridgehead atoms. The van der Waals surface area contributed by atoms with Gasteiger partial charge in [-0.05, 0) is 29.9 Å². The van der Waals surface area contributed by atoms with Crippen LogP contribution in [-0.4, -0.2) is 0 Å². The zero-order valence-electron chi connectivity index (χ0n) is 9.96. The first-order valence-corrected chi connectivity index (χ1v) is 6.33. The Morgan fingerprint density at radius 3 is 2.20 bits per heavy atom. The normalized spacial score (nSPS) is 14.9. The highest BCUT2D eigenvalue weighted by molar-refractivity contribution is 6.20. The van der Waals surface area contributed by atoms with Crippen molar-refractivity contribution >= 4 is 11.6 Å². The monoisotopic (exact) mass is 224 g/mol. The van der Waals surface area contributed by atoms with Crippen LogP contribution < -0.4 is 0 Å². The molecule has 0 radical (unpaired) electrons. The lowest BCUT2D eigenvalue weighted by molar-refractivity contribution is 0.508. The maximum absolute atomic E-state index is 6.38. The molecular formula is C14H21Cl. The Morgan fingerprint density at radius 1 is 1.13 bits per heavy atom. The molecule has 1 aromatic rings. The summed E-state index contributed by atoms with van der Waals surface area (Å²) in [6.45, 7) is 6.65. The maximum Gasteiger partial charge on any atom is 0.0587 e. The van der Waals surface area contributed by atoms with Gasteiger partial charge in [-0.3, -0.25) is 0 Å². The Morgan fingerprint density at radius 2 is 1.73 bits per heavy atom. The lowest BCUT2D eigenvalue weighted by Crippen LogP contribution is -1.99. The highest BCUT2D eigenvalue weighted by Crippen LogP contribution is 2.29. The fraction of sp³-hybridized carbons (Fsp3) is 0.571. The van der Waals surface area contributed by atoms with Gasteiger partial charge >= 0.3 is 0 Å². The highest BCUT2D eigenvalue weighted by atomic mass is 35.5. The highest BCUT2D eigenvalue weighted by Gasteiger charge is 2.11. The molecule has 0 N–H and O–H groups in total. The summed E-state index contributed by atoms with van der Waals surface area (Å²) in [4.78, 5) is 0. The number of alkyl halides is 1. The van der Waals surface area contributed by atoms with Crippen molar-refractivity contribution in [1.29, 1.82) is 0 Å². The lowest BCUT2D eigenvalue weighted by atomic mass is 9.98. The molecule has 1 rings (SSSR count). The molecule has 0 aliphatic rings. The van der Waals surface area contributed by atoms with Gasteiger partial charge in [0.25, 0.3) is 0 Å². The van der Waals surface area contributed by atoms with E-state index in [1.54, 1.807) is 0 Å². The van der Waals surface area contributed by atoms with Crippen molar-refractivity contribution in [3.8, 4) is 0 Å². The van der Waals surface area contributed by atoms with Crippen LogP contribution in [0.5, 0.6) is 0 Å². The second kappa shape index (κ2) is 6.17. The average Bonchev–Trinajstić information content (AvgIpc) is 2.29. The molecule has 0 aliphatic carbocycles. The Kier molecular flexibility index (Phi) is 5.17. The molecule has 0 saturated carbocycles. The fourth-order valence-electron chi connectivity index (χ4n) is 1.62. The lowest BCUT2D eigenvalue weighted by Gasteiger charge is -2.14. The summed E-state index contributed by atoms with van der Waals surface area (Å²) in [5, 5.41) is 0.172. The van der Waals surface area contributed by atoms with E-state index < -0.39 is 0 Å². The van der Waals surface area contributed by atoms with Crippen LogP contribution in [0.3, 0.4) is 0 Å². The zero-order valence-corrected chi connectivity index (χ0v) is 10.7. The number of rotatable bonds is 5. The quantitative estimate of drug-likeness (QED) is 0.620. The summed E-state index contributed by atoms with van der Waals surface area (Å²) >= 11 is 6.38. The molecule has 0 heterocycles. The molecule has 0 saturated heterocycles. The molecule has 0 nitrogen and oxygen atoms in total. The van der Waals surface area contributed by atoms with E-state index in [-0.39, 0.29) is 5.38 Å². The maximum atomic E-state index is 6.38. The van der Waals surface area contributed by atoms with Crippen LogP contribution >= 0.6 is 11.6 Å². The third-order valence-corrected chi connectivity index (χ3v) is 3.49. The standard InChI is InChI=1S/C14H21Cl/c1-4-11(3)10-14(15)13-8-6-12(5-2)7-9-13/h6-9,11,14H,4-5,10H2,1-3H3. The van der Waals surface area contributed by atoms with Crippen LogP contribution in [0.25, 0.3) is 0 Å². The number of hydrogen-bond donors (Lipinski definition) is 0. The van der Waals surface area contributed by atoms with Crippen molar-refractivity contribution < 1.29 is 0 Å². The molecule has 84 valence electrons. The number of aryl methyl sites for hydroxylation is 1. The summed E-state index contributed by atoms with van der Waals surface area (Å²) in [6.07, 6.45) is 3.37. The SMILES string of the molecule is CCc1ccc(C(Cl)CC(C)CC)cc1. The van der Waals surface area contributed by atoms with Crippen LogP contribution in [0.2, 0.25) is 0 Å². The van der Waals surface area contributed by atoms with Gasteiger partial charge in [0.05, 0.1) is 5.38 Å². The summed E-state index contributed by atoms with van der Waals surface area (Å²) < 4.78 is 0. The van der Waals surface area contributed by atoms with E-state index in [0.717, 1.165) is 12.8 Å². The van der Waals surface area contributed by atoms with E-state index in [2.05, 4.69) is 45.0 Å². The molecule has 2 unspecified atom stereocenters. The number of halogens is 1. The minimum absolute atomic E-state index is 0.172. The van der Waals surface area contributed by atoms with Crippen molar-refractivity contribution in [1.82, 2.24) is 0 Å². The Bertz CT molecular complexity index is 276. The van der Waals surface area contributed by atoms with E-state index in [0.29, 0.717) is 5.92 Å². The molecule has 0 spiro atoms. The van der Waals surface area contributed by atoms with Crippen LogP contribution in [0, 0.1) is 5.92 Å². The fourth-order valence-corrected chi connectivity index (χ4v) is 2.07. The van der Waals surface area contributed by atoms with Gasteiger partial charge in [-0.25, -0.2) is 0 Å². The molecule has 1 heteroatoms. The van der Waals surface area contributed by atoms with E-state index in [1.165, 1.54) is 17.5 Å². The third kappa shape index (κ3) is 3.87. The van der Waals surface area contributed by atoms with E-state index in [1.807, 2.05) is 0 Å². The Balaban J connectivity index is 2.61. The molecular weight excluding hydrogens is 204 g/mol. The summed E-state index contributed by atoms with van der Waals surface area (Å²) in [7, 11) is 0. The van der Waals surface area contributed by atoms with Crippen molar-refractivity contribution in [3.63, 3.8) is 0 Å². The molecule has 0 fully saturated rings. The Hall–Kier alpha value is -0.490. The predicted octanol–water partition coefficient (Wildman–Crippen LogP) is 4.97. The van der Waals surface area contributed by atoms with E-state index in [9.17, 15) is 0 Å². The van der Waals surface area contributed by atoms with Crippen LogP contribution in [0.4, 0.5) is 0 Å². The van der Waals surface area contributed by atoms with Gasteiger partial charge in [-0.15, -0.1) is 11.6 Å². The minimum atomic E-state index is 0.172. The van der Waals surface area contributed by atoms with Crippen LogP contribution in [0.1, 0.15) is 50.1 Å². The number of hydrogen-bond acceptors (Lipinski definition) is 0. The molecule has 1 aromatic carbocycles. The van der Waals surface area contributed by atoms with Gasteiger partial charge in [-0.1, -0.05) is 51.5 Å². The first-order valence-electron chi connectivity index (χ1n) is 5.90. The summed E-state index contributed by atoms with van der Waals surface area (Å²) in [5.74, 6) is 0.707. The largest absolute Gasteiger partial charge is 0.118 e. The smallest absolute Gasteiger partial charge is 0.0587 e. The van der Waals surface area contributed by atoms with Gasteiger partial charge in [-0.2, -0.15) is 0 Å². The average molecular weight is 225 g/mol. The van der Waals surface area contributed by atoms with Gasteiger partial charge in [0.1, 0.15) is 0 Å². The van der Waals surface area contributed by atoms with Crippen molar-refractivity contribution in [2.24, 2.45) is 5.92 Å². The zero-order chi connectivity index (χ0) is 11.3. The first kappa shape index (κ1) is 12.6. The van der Waals surface area contributed by atoms with Crippen LogP contribution in [0.15, 0.2) is 24.3 Å². The predicted molar refractivity (Wildman–Crippen MR) is 68.5 cm³/mol. The van der Waals surface area contributed by atoms with Crippen molar-refractivity contribution in [3.05, 3.63) is 35.4 Å². The molecule has 0 aliphatic heterocycles. The van der Waals surface area contributed by atoms with E-state index in [4.69, 9.17) is 11.6 Å².